The summed E-state index contributed by atoms with van der Waals surface area (Å²) in [6.07, 6.45) is 9.52. The van der Waals surface area contributed by atoms with Crippen molar-refractivity contribution in [3.8, 4) is 0 Å². The lowest BCUT2D eigenvalue weighted by molar-refractivity contribution is -0.117. The Morgan fingerprint density at radius 2 is 2.00 bits per heavy atom. The van der Waals surface area contributed by atoms with Crippen LogP contribution in [0.15, 0.2) is 11.6 Å². The molecule has 0 aromatic heterocycles. The molecule has 3 saturated carbocycles. The highest BCUT2D eigenvalue weighted by atomic mass is 16.3. The molecule has 4 aliphatic rings. The molecule has 0 radical (unpaired) electrons. The Bertz CT molecular complexity index is 494. The lowest BCUT2D eigenvalue weighted by Gasteiger charge is -2.56. The van der Waals surface area contributed by atoms with Crippen LogP contribution in [0.1, 0.15) is 58.8 Å². The molecule has 4 aliphatic carbocycles. The number of ketones is 1. The molecule has 7 atom stereocenters. The summed E-state index contributed by atoms with van der Waals surface area (Å²) in [5.41, 5.74) is 1.62. The molecular weight excluding hydrogens is 260 g/mol. The van der Waals surface area contributed by atoms with E-state index in [0.29, 0.717) is 23.5 Å². The summed E-state index contributed by atoms with van der Waals surface area (Å²) in [6, 6.07) is 0. The van der Waals surface area contributed by atoms with E-state index in [2.05, 4.69) is 13.8 Å². The molecule has 0 saturated heterocycles. The Morgan fingerprint density at radius 3 is 2.81 bits per heavy atom. The molecule has 0 aliphatic heterocycles. The van der Waals surface area contributed by atoms with Crippen LogP contribution in [0, 0.1) is 35.0 Å². The highest BCUT2D eigenvalue weighted by Crippen LogP contribution is 2.63. The number of carbonyl (C=O) groups excluding carboxylic acids is 1. The fourth-order valence-electron chi connectivity index (χ4n) is 6.74. The van der Waals surface area contributed by atoms with Crippen molar-refractivity contribution in [2.45, 2.75) is 64.9 Å². The molecular formula is C19H28O2. The molecule has 116 valence electrons. The normalized spacial score (nSPS) is 52.7. The molecule has 1 N–H and O–H groups in total. The fraction of sp³-hybridized carbons (Fsp3) is 0.842. The van der Waals surface area contributed by atoms with E-state index < -0.39 is 0 Å². The van der Waals surface area contributed by atoms with Gasteiger partial charge in [0, 0.05) is 6.42 Å². The lowest BCUT2D eigenvalue weighted by Crippen LogP contribution is -2.51. The minimum absolute atomic E-state index is 0.0872. The minimum atomic E-state index is -0.0872. The van der Waals surface area contributed by atoms with Crippen molar-refractivity contribution in [3.63, 3.8) is 0 Å². The Kier molecular flexibility index (Phi) is 3.12. The van der Waals surface area contributed by atoms with Crippen LogP contribution in [0.25, 0.3) is 0 Å². The lowest BCUT2D eigenvalue weighted by atomic mass is 9.49. The Labute approximate surface area is 128 Å². The SMILES string of the molecule is C[C@H]1C[C@@]2(C)C(CC[C@@H]2O)C2CCC3=CC(=O)CCC3C21. The van der Waals surface area contributed by atoms with E-state index in [4.69, 9.17) is 0 Å². The third-order valence-electron chi connectivity index (χ3n) is 7.54. The maximum Gasteiger partial charge on any atom is 0.155 e. The van der Waals surface area contributed by atoms with Gasteiger partial charge in [0.2, 0.25) is 0 Å². The molecule has 3 fully saturated rings. The van der Waals surface area contributed by atoms with Gasteiger partial charge in [-0.05, 0) is 79.6 Å². The summed E-state index contributed by atoms with van der Waals surface area (Å²) in [5.74, 6) is 3.97. The van der Waals surface area contributed by atoms with Crippen molar-refractivity contribution < 1.29 is 9.90 Å². The highest BCUT2D eigenvalue weighted by molar-refractivity contribution is 5.91. The Balaban J connectivity index is 1.68. The van der Waals surface area contributed by atoms with Gasteiger partial charge in [0.1, 0.15) is 0 Å². The van der Waals surface area contributed by atoms with E-state index >= 15 is 0 Å². The second kappa shape index (κ2) is 4.68. The Hall–Kier alpha value is -0.630. The van der Waals surface area contributed by atoms with Gasteiger partial charge >= 0.3 is 0 Å². The van der Waals surface area contributed by atoms with Crippen LogP contribution in [-0.2, 0) is 4.79 Å². The molecule has 21 heavy (non-hydrogen) atoms. The molecule has 0 heterocycles. The predicted molar refractivity (Wildman–Crippen MR) is 82.6 cm³/mol. The van der Waals surface area contributed by atoms with Crippen molar-refractivity contribution in [1.29, 1.82) is 0 Å². The minimum Gasteiger partial charge on any atom is -0.393 e. The largest absolute Gasteiger partial charge is 0.393 e. The highest BCUT2D eigenvalue weighted by Gasteiger charge is 2.58. The van der Waals surface area contributed by atoms with Crippen LogP contribution in [0.5, 0.6) is 0 Å². The molecule has 0 aromatic carbocycles. The number of aliphatic hydroxyl groups excluding tert-OH is 1. The third-order valence-corrected chi connectivity index (χ3v) is 7.54. The molecule has 0 aromatic rings. The van der Waals surface area contributed by atoms with Crippen LogP contribution >= 0.6 is 0 Å². The van der Waals surface area contributed by atoms with Crippen molar-refractivity contribution in [1.82, 2.24) is 0 Å². The quantitative estimate of drug-likeness (QED) is 0.737. The summed E-state index contributed by atoms with van der Waals surface area (Å²) < 4.78 is 0. The first kappa shape index (κ1) is 14.0. The summed E-state index contributed by atoms with van der Waals surface area (Å²) in [5, 5.41) is 10.5. The van der Waals surface area contributed by atoms with Gasteiger partial charge in [0.05, 0.1) is 6.10 Å². The first-order chi connectivity index (χ1) is 10.0. The van der Waals surface area contributed by atoms with Gasteiger partial charge in [-0.15, -0.1) is 0 Å². The molecule has 0 spiro atoms. The van der Waals surface area contributed by atoms with E-state index in [0.717, 1.165) is 37.5 Å². The second-order valence-electron chi connectivity index (χ2n) is 8.50. The van der Waals surface area contributed by atoms with E-state index in [1.807, 2.05) is 6.08 Å². The summed E-state index contributed by atoms with van der Waals surface area (Å²) in [6.45, 7) is 4.75. The number of hydrogen-bond acceptors (Lipinski definition) is 2. The van der Waals surface area contributed by atoms with Crippen molar-refractivity contribution in [2.75, 3.05) is 0 Å². The number of hydrogen-bond donors (Lipinski definition) is 1. The third kappa shape index (κ3) is 1.91. The topological polar surface area (TPSA) is 37.3 Å². The van der Waals surface area contributed by atoms with Crippen LogP contribution in [0.2, 0.25) is 0 Å². The second-order valence-corrected chi connectivity index (χ2v) is 8.50. The maximum absolute atomic E-state index is 11.7. The van der Waals surface area contributed by atoms with E-state index in [-0.39, 0.29) is 11.5 Å². The van der Waals surface area contributed by atoms with Crippen LogP contribution in [-0.4, -0.2) is 17.0 Å². The number of allylic oxidation sites excluding steroid dienone is 1. The molecule has 2 nitrogen and oxygen atoms in total. The van der Waals surface area contributed by atoms with Gasteiger partial charge in [-0.25, -0.2) is 0 Å². The van der Waals surface area contributed by atoms with E-state index in [1.54, 1.807) is 0 Å². The average Bonchev–Trinajstić information content (AvgIpc) is 2.74. The summed E-state index contributed by atoms with van der Waals surface area (Å²) in [7, 11) is 0. The van der Waals surface area contributed by atoms with Gasteiger partial charge < -0.3 is 5.11 Å². The number of carbonyl (C=O) groups is 1. The van der Waals surface area contributed by atoms with Crippen LogP contribution < -0.4 is 0 Å². The van der Waals surface area contributed by atoms with Crippen molar-refractivity contribution >= 4 is 5.78 Å². The average molecular weight is 288 g/mol. The van der Waals surface area contributed by atoms with Gasteiger partial charge in [0.15, 0.2) is 5.78 Å². The van der Waals surface area contributed by atoms with Crippen molar-refractivity contribution in [3.05, 3.63) is 11.6 Å². The zero-order chi connectivity index (χ0) is 14.8. The van der Waals surface area contributed by atoms with Gasteiger partial charge in [0.25, 0.3) is 0 Å². The van der Waals surface area contributed by atoms with E-state index in [1.165, 1.54) is 24.8 Å². The number of aliphatic hydroxyl groups is 1. The van der Waals surface area contributed by atoms with Gasteiger partial charge in [-0.2, -0.15) is 0 Å². The first-order valence-corrected chi connectivity index (χ1v) is 8.92. The molecule has 0 amide bonds. The Morgan fingerprint density at radius 1 is 1.19 bits per heavy atom. The zero-order valence-corrected chi connectivity index (χ0v) is 13.3. The number of rotatable bonds is 0. The molecule has 4 rings (SSSR count). The first-order valence-electron chi connectivity index (χ1n) is 8.92. The monoisotopic (exact) mass is 288 g/mol. The fourth-order valence-corrected chi connectivity index (χ4v) is 6.74. The number of fused-ring (bicyclic) bond motifs is 5. The van der Waals surface area contributed by atoms with E-state index in [9.17, 15) is 9.90 Å². The predicted octanol–water partition coefficient (Wildman–Crippen LogP) is 3.74. The smallest absolute Gasteiger partial charge is 0.155 e. The maximum atomic E-state index is 11.7. The van der Waals surface area contributed by atoms with Gasteiger partial charge in [-0.1, -0.05) is 19.4 Å². The summed E-state index contributed by atoms with van der Waals surface area (Å²) >= 11 is 0. The molecule has 2 heteroatoms. The van der Waals surface area contributed by atoms with Crippen LogP contribution in [0.4, 0.5) is 0 Å². The zero-order valence-electron chi connectivity index (χ0n) is 13.3. The van der Waals surface area contributed by atoms with Crippen molar-refractivity contribution in [2.24, 2.45) is 35.0 Å². The van der Waals surface area contributed by atoms with Gasteiger partial charge in [-0.3, -0.25) is 4.79 Å². The van der Waals surface area contributed by atoms with Crippen LogP contribution in [0.3, 0.4) is 0 Å². The standard InChI is InChI=1S/C19H28O2/c1-11-10-19(2)16(7-8-17(19)21)15-5-3-12-9-13(20)4-6-14(12)18(11)15/h9,11,14-18,21H,3-8,10H2,1-2H3/t11-,14?,15?,16?,17-,18?,19-/m0/s1. The summed E-state index contributed by atoms with van der Waals surface area (Å²) in [4.78, 5) is 11.7. The molecule has 4 unspecified atom stereocenters. The molecule has 0 bridgehead atoms.